The first-order valence-electron chi connectivity index (χ1n) is 6.50. The summed E-state index contributed by atoms with van der Waals surface area (Å²) in [5.74, 6) is -1.02. The summed E-state index contributed by atoms with van der Waals surface area (Å²) in [5, 5.41) is 9.98. The molecule has 0 radical (unpaired) electrons. The maximum atomic E-state index is 12.5. The van der Waals surface area contributed by atoms with Gasteiger partial charge in [0.05, 0.1) is 11.0 Å². The molecule has 20 heavy (non-hydrogen) atoms. The molecule has 5 heteroatoms. The fraction of sp³-hybridized carbons (Fsp3) is 0.333. The zero-order valence-corrected chi connectivity index (χ0v) is 11.1. The van der Waals surface area contributed by atoms with Crippen molar-refractivity contribution in [3.63, 3.8) is 0 Å². The van der Waals surface area contributed by atoms with Crippen molar-refractivity contribution in [3.05, 3.63) is 36.1 Å². The molecule has 0 bridgehead atoms. The standard InChI is InChI=1S/C15H15NO4/c1-15(14(18)19)6-7-16(9-15)13(17)11-8-20-12-5-3-2-4-10(11)12/h2-5,8H,6-7,9H2,1H3,(H,18,19)/t15-/m1/s1. The summed E-state index contributed by atoms with van der Waals surface area (Å²) in [5.41, 5.74) is 0.307. The van der Waals surface area contributed by atoms with E-state index < -0.39 is 11.4 Å². The monoisotopic (exact) mass is 273 g/mol. The number of rotatable bonds is 2. The quantitative estimate of drug-likeness (QED) is 0.911. The second-order valence-corrected chi connectivity index (χ2v) is 5.49. The lowest BCUT2D eigenvalue weighted by Crippen LogP contribution is -2.34. The molecule has 0 aliphatic carbocycles. The van der Waals surface area contributed by atoms with Crippen molar-refractivity contribution < 1.29 is 19.1 Å². The van der Waals surface area contributed by atoms with Crippen LogP contribution in [0.15, 0.2) is 34.9 Å². The Labute approximate surface area is 115 Å². The highest BCUT2D eigenvalue weighted by molar-refractivity contribution is 6.06. The van der Waals surface area contributed by atoms with E-state index in [0.29, 0.717) is 24.1 Å². The van der Waals surface area contributed by atoms with Crippen LogP contribution in [0.1, 0.15) is 23.7 Å². The van der Waals surface area contributed by atoms with E-state index >= 15 is 0 Å². The first-order chi connectivity index (χ1) is 9.51. The number of carbonyl (C=O) groups is 2. The van der Waals surface area contributed by atoms with Gasteiger partial charge in [0.15, 0.2) is 0 Å². The van der Waals surface area contributed by atoms with Gasteiger partial charge in [0.1, 0.15) is 11.8 Å². The third-order valence-electron chi connectivity index (χ3n) is 3.99. The fourth-order valence-electron chi connectivity index (χ4n) is 2.62. The Morgan fingerprint density at radius 1 is 1.35 bits per heavy atom. The van der Waals surface area contributed by atoms with Gasteiger partial charge in [-0.1, -0.05) is 18.2 Å². The van der Waals surface area contributed by atoms with E-state index in [1.165, 1.54) is 6.26 Å². The van der Waals surface area contributed by atoms with Crippen LogP contribution >= 0.6 is 0 Å². The maximum absolute atomic E-state index is 12.5. The van der Waals surface area contributed by atoms with E-state index in [1.807, 2.05) is 18.2 Å². The van der Waals surface area contributed by atoms with Gasteiger partial charge in [0.2, 0.25) is 0 Å². The van der Waals surface area contributed by atoms with E-state index in [2.05, 4.69) is 0 Å². The number of para-hydroxylation sites is 1. The van der Waals surface area contributed by atoms with Gasteiger partial charge >= 0.3 is 5.97 Å². The van der Waals surface area contributed by atoms with E-state index in [4.69, 9.17) is 4.42 Å². The Kier molecular flexibility index (Phi) is 2.78. The summed E-state index contributed by atoms with van der Waals surface area (Å²) in [7, 11) is 0. The molecule has 1 aliphatic rings. The molecule has 1 aromatic heterocycles. The summed E-state index contributed by atoms with van der Waals surface area (Å²) >= 11 is 0. The molecule has 0 unspecified atom stereocenters. The molecule has 1 aliphatic heterocycles. The Hall–Kier alpha value is -2.30. The lowest BCUT2D eigenvalue weighted by Gasteiger charge is -2.19. The molecule has 2 heterocycles. The predicted octanol–water partition coefficient (Wildman–Crippen LogP) is 2.37. The number of furan rings is 1. The topological polar surface area (TPSA) is 70.8 Å². The molecule has 1 fully saturated rings. The molecular formula is C15H15NO4. The van der Waals surface area contributed by atoms with Crippen LogP contribution in [-0.4, -0.2) is 35.0 Å². The van der Waals surface area contributed by atoms with Crippen molar-refractivity contribution in [2.24, 2.45) is 5.41 Å². The van der Waals surface area contributed by atoms with Crippen LogP contribution in [-0.2, 0) is 4.79 Å². The normalized spacial score (nSPS) is 22.4. The third-order valence-corrected chi connectivity index (χ3v) is 3.99. The molecule has 104 valence electrons. The number of carboxylic acids is 1. The minimum Gasteiger partial charge on any atom is -0.481 e. The molecule has 1 N–H and O–H groups in total. The van der Waals surface area contributed by atoms with Gasteiger partial charge < -0.3 is 14.4 Å². The number of benzene rings is 1. The summed E-state index contributed by atoms with van der Waals surface area (Å²) < 4.78 is 5.37. The summed E-state index contributed by atoms with van der Waals surface area (Å²) in [6.45, 7) is 2.37. The Balaban J connectivity index is 1.89. The smallest absolute Gasteiger partial charge is 0.311 e. The Morgan fingerprint density at radius 2 is 2.10 bits per heavy atom. The molecule has 3 rings (SSSR count). The Morgan fingerprint density at radius 3 is 2.80 bits per heavy atom. The molecule has 5 nitrogen and oxygen atoms in total. The summed E-state index contributed by atoms with van der Waals surface area (Å²) in [4.78, 5) is 25.3. The van der Waals surface area contributed by atoms with Gasteiger partial charge in [-0.3, -0.25) is 9.59 Å². The number of carboxylic acid groups (broad SMARTS) is 1. The number of hydrogen-bond acceptors (Lipinski definition) is 3. The first kappa shape index (κ1) is 12.7. The number of aliphatic carboxylic acids is 1. The lowest BCUT2D eigenvalue weighted by atomic mass is 9.90. The van der Waals surface area contributed by atoms with Gasteiger partial charge in [0, 0.05) is 18.5 Å². The average molecular weight is 273 g/mol. The molecule has 1 amide bonds. The fourth-order valence-corrected chi connectivity index (χ4v) is 2.62. The van der Waals surface area contributed by atoms with E-state index in [0.717, 1.165) is 5.39 Å². The Bertz CT molecular complexity index is 690. The van der Waals surface area contributed by atoms with Crippen LogP contribution < -0.4 is 0 Å². The maximum Gasteiger partial charge on any atom is 0.311 e. The van der Waals surface area contributed by atoms with Gasteiger partial charge in [-0.2, -0.15) is 0 Å². The third kappa shape index (κ3) is 1.86. The van der Waals surface area contributed by atoms with Gasteiger partial charge in [-0.15, -0.1) is 0 Å². The average Bonchev–Trinajstić information content (AvgIpc) is 3.03. The molecule has 1 saturated heterocycles. The number of fused-ring (bicyclic) bond motifs is 1. The van der Waals surface area contributed by atoms with Crippen LogP contribution in [0.4, 0.5) is 0 Å². The number of nitrogens with zero attached hydrogens (tertiary/aromatic N) is 1. The summed E-state index contributed by atoms with van der Waals surface area (Å²) in [6, 6.07) is 7.33. The van der Waals surface area contributed by atoms with Gasteiger partial charge in [0.25, 0.3) is 5.91 Å². The summed E-state index contributed by atoms with van der Waals surface area (Å²) in [6.07, 6.45) is 1.92. The number of amides is 1. The largest absolute Gasteiger partial charge is 0.481 e. The number of hydrogen-bond donors (Lipinski definition) is 1. The van der Waals surface area contributed by atoms with Crippen molar-refractivity contribution >= 4 is 22.8 Å². The first-order valence-corrected chi connectivity index (χ1v) is 6.50. The minimum absolute atomic E-state index is 0.167. The molecule has 1 aromatic carbocycles. The SMILES string of the molecule is C[C@@]1(C(=O)O)CCN(C(=O)c2coc3ccccc23)C1. The highest BCUT2D eigenvalue weighted by atomic mass is 16.4. The second-order valence-electron chi connectivity index (χ2n) is 5.49. The van der Waals surface area contributed by atoms with Crippen LogP contribution in [0, 0.1) is 5.41 Å². The minimum atomic E-state index is -0.857. The second kappa shape index (κ2) is 4.37. The molecule has 2 aromatic rings. The van der Waals surface area contributed by atoms with Crippen molar-refractivity contribution in [2.75, 3.05) is 13.1 Å². The number of likely N-dealkylation sites (tertiary alicyclic amines) is 1. The zero-order chi connectivity index (χ0) is 14.3. The van der Waals surface area contributed by atoms with Crippen LogP contribution in [0.3, 0.4) is 0 Å². The molecular weight excluding hydrogens is 258 g/mol. The number of carbonyl (C=O) groups excluding carboxylic acids is 1. The van der Waals surface area contributed by atoms with Crippen LogP contribution in [0.5, 0.6) is 0 Å². The lowest BCUT2D eigenvalue weighted by molar-refractivity contribution is -0.147. The molecule has 0 spiro atoms. The highest BCUT2D eigenvalue weighted by Gasteiger charge is 2.42. The zero-order valence-electron chi connectivity index (χ0n) is 11.1. The van der Waals surface area contributed by atoms with E-state index in [9.17, 15) is 14.7 Å². The molecule has 0 saturated carbocycles. The van der Waals surface area contributed by atoms with Gasteiger partial charge in [-0.25, -0.2) is 0 Å². The van der Waals surface area contributed by atoms with E-state index in [1.54, 1.807) is 17.9 Å². The van der Waals surface area contributed by atoms with Crippen molar-refractivity contribution in [3.8, 4) is 0 Å². The molecule has 1 atom stereocenters. The van der Waals surface area contributed by atoms with Crippen molar-refractivity contribution in [1.29, 1.82) is 0 Å². The van der Waals surface area contributed by atoms with E-state index in [-0.39, 0.29) is 12.5 Å². The van der Waals surface area contributed by atoms with Crippen molar-refractivity contribution in [2.45, 2.75) is 13.3 Å². The van der Waals surface area contributed by atoms with Crippen molar-refractivity contribution in [1.82, 2.24) is 4.90 Å². The highest BCUT2D eigenvalue weighted by Crippen LogP contribution is 2.32. The van der Waals surface area contributed by atoms with Gasteiger partial charge in [-0.05, 0) is 19.4 Å². The van der Waals surface area contributed by atoms with Crippen LogP contribution in [0.2, 0.25) is 0 Å². The van der Waals surface area contributed by atoms with Crippen LogP contribution in [0.25, 0.3) is 11.0 Å². The predicted molar refractivity (Wildman–Crippen MR) is 72.5 cm³/mol.